The van der Waals surface area contributed by atoms with E-state index in [1.54, 1.807) is 6.07 Å². The minimum atomic E-state index is -0.0262. The van der Waals surface area contributed by atoms with Gasteiger partial charge in [-0.05, 0) is 32.6 Å². The summed E-state index contributed by atoms with van der Waals surface area (Å²) in [5.74, 6) is 0.328. The second kappa shape index (κ2) is 4.02. The monoisotopic (exact) mass is 254 g/mol. The number of aryl methyl sites for hydroxylation is 1. The number of rotatable bonds is 1. The standard InChI is InChI=1S/C12H15ClN2O2/c1-7-4-11(17-14-7)12(16)15-9-2-3-10(15)6-8(13)5-9/h4,8-10H,2-3,5-6H2,1H3. The number of hydrogen-bond donors (Lipinski definition) is 0. The molecule has 1 aromatic rings. The van der Waals surface area contributed by atoms with Crippen LogP contribution in [0.15, 0.2) is 10.6 Å². The Bertz CT molecular complexity index is 431. The average molecular weight is 255 g/mol. The maximum absolute atomic E-state index is 12.3. The third-order valence-corrected chi connectivity index (χ3v) is 4.11. The van der Waals surface area contributed by atoms with Gasteiger partial charge < -0.3 is 9.42 Å². The third-order valence-electron chi connectivity index (χ3n) is 3.75. The molecule has 1 aromatic heterocycles. The topological polar surface area (TPSA) is 46.3 Å². The molecule has 0 spiro atoms. The van der Waals surface area contributed by atoms with Crippen molar-refractivity contribution in [3.63, 3.8) is 0 Å². The third kappa shape index (κ3) is 1.84. The summed E-state index contributed by atoms with van der Waals surface area (Å²) in [6, 6.07) is 2.28. The van der Waals surface area contributed by atoms with E-state index in [1.165, 1.54) is 0 Å². The lowest BCUT2D eigenvalue weighted by molar-refractivity contribution is 0.0557. The number of alkyl halides is 1. The first-order valence-corrected chi connectivity index (χ1v) is 6.49. The molecule has 0 N–H and O–H groups in total. The van der Waals surface area contributed by atoms with Crippen LogP contribution >= 0.6 is 11.6 Å². The van der Waals surface area contributed by atoms with E-state index in [9.17, 15) is 4.79 Å². The molecular formula is C12H15ClN2O2. The SMILES string of the molecule is Cc1cc(C(=O)N2C3CCC2CC(Cl)C3)on1. The highest BCUT2D eigenvalue weighted by atomic mass is 35.5. The first-order valence-electron chi connectivity index (χ1n) is 6.05. The molecule has 2 aliphatic rings. The van der Waals surface area contributed by atoms with Crippen molar-refractivity contribution >= 4 is 17.5 Å². The summed E-state index contributed by atoms with van der Waals surface area (Å²) in [5, 5.41) is 3.99. The molecule has 2 bridgehead atoms. The normalized spacial score (nSPS) is 31.9. The molecule has 0 aromatic carbocycles. The maximum atomic E-state index is 12.3. The van der Waals surface area contributed by atoms with Crippen LogP contribution in [-0.2, 0) is 0 Å². The number of aromatic nitrogens is 1. The fourth-order valence-electron chi connectivity index (χ4n) is 3.03. The van der Waals surface area contributed by atoms with Gasteiger partial charge >= 0.3 is 0 Å². The Balaban J connectivity index is 1.83. The first-order chi connectivity index (χ1) is 8.15. The molecule has 2 unspecified atom stereocenters. The fourth-order valence-corrected chi connectivity index (χ4v) is 3.45. The van der Waals surface area contributed by atoms with Crippen LogP contribution in [0.25, 0.3) is 0 Å². The minimum absolute atomic E-state index is 0.0262. The van der Waals surface area contributed by atoms with E-state index in [1.807, 2.05) is 11.8 Å². The summed E-state index contributed by atoms with van der Waals surface area (Å²) in [6.07, 6.45) is 3.92. The highest BCUT2D eigenvalue weighted by Crippen LogP contribution is 2.38. The van der Waals surface area contributed by atoms with Gasteiger partial charge in [-0.1, -0.05) is 5.16 Å². The number of halogens is 1. The molecule has 0 aliphatic carbocycles. The van der Waals surface area contributed by atoms with Crippen molar-refractivity contribution in [2.45, 2.75) is 50.1 Å². The van der Waals surface area contributed by atoms with Crippen LogP contribution in [0.1, 0.15) is 41.9 Å². The van der Waals surface area contributed by atoms with Crippen molar-refractivity contribution in [2.75, 3.05) is 0 Å². The predicted octanol–water partition coefficient (Wildman–Crippen LogP) is 2.36. The Morgan fingerprint density at radius 2 is 2.12 bits per heavy atom. The molecular weight excluding hydrogens is 240 g/mol. The van der Waals surface area contributed by atoms with Crippen LogP contribution in [0.4, 0.5) is 0 Å². The number of hydrogen-bond acceptors (Lipinski definition) is 3. The molecule has 92 valence electrons. The summed E-state index contributed by atoms with van der Waals surface area (Å²) in [6.45, 7) is 1.82. The van der Waals surface area contributed by atoms with Gasteiger partial charge in [0, 0.05) is 23.5 Å². The lowest BCUT2D eigenvalue weighted by Crippen LogP contribution is -2.46. The van der Waals surface area contributed by atoms with Gasteiger partial charge in [-0.15, -0.1) is 11.6 Å². The molecule has 3 heterocycles. The predicted molar refractivity (Wildman–Crippen MR) is 63.1 cm³/mol. The zero-order valence-electron chi connectivity index (χ0n) is 9.73. The molecule has 2 aliphatic heterocycles. The number of carbonyl (C=O) groups is 1. The second-order valence-corrected chi connectivity index (χ2v) is 5.62. The number of fused-ring (bicyclic) bond motifs is 2. The molecule has 3 rings (SSSR count). The summed E-state index contributed by atoms with van der Waals surface area (Å²) >= 11 is 6.19. The van der Waals surface area contributed by atoms with Gasteiger partial charge in [-0.25, -0.2) is 0 Å². The van der Waals surface area contributed by atoms with Gasteiger partial charge in [-0.2, -0.15) is 0 Å². The first kappa shape index (κ1) is 11.1. The fraction of sp³-hybridized carbons (Fsp3) is 0.667. The average Bonchev–Trinajstić information content (AvgIpc) is 2.81. The van der Waals surface area contributed by atoms with Crippen LogP contribution in [0.5, 0.6) is 0 Å². The van der Waals surface area contributed by atoms with Crippen LogP contribution in [0, 0.1) is 6.92 Å². The number of piperidine rings is 1. The Morgan fingerprint density at radius 1 is 1.47 bits per heavy atom. The van der Waals surface area contributed by atoms with Crippen molar-refractivity contribution in [3.8, 4) is 0 Å². The summed E-state index contributed by atoms with van der Waals surface area (Å²) in [5.41, 5.74) is 0.743. The van der Waals surface area contributed by atoms with Gasteiger partial charge in [0.2, 0.25) is 5.76 Å². The van der Waals surface area contributed by atoms with Crippen LogP contribution in [-0.4, -0.2) is 33.4 Å². The molecule has 4 nitrogen and oxygen atoms in total. The van der Waals surface area contributed by atoms with Crippen LogP contribution in [0.2, 0.25) is 0 Å². The van der Waals surface area contributed by atoms with E-state index in [2.05, 4.69) is 5.16 Å². The minimum Gasteiger partial charge on any atom is -0.351 e. The molecule has 2 fully saturated rings. The lowest BCUT2D eigenvalue weighted by Gasteiger charge is -2.36. The molecule has 5 heteroatoms. The quantitative estimate of drug-likeness (QED) is 0.723. The van der Waals surface area contributed by atoms with Crippen molar-refractivity contribution < 1.29 is 9.32 Å². The molecule has 1 amide bonds. The van der Waals surface area contributed by atoms with Gasteiger partial charge in [0.15, 0.2) is 0 Å². The van der Waals surface area contributed by atoms with Crippen molar-refractivity contribution in [2.24, 2.45) is 0 Å². The van der Waals surface area contributed by atoms with Gasteiger partial charge in [0.25, 0.3) is 5.91 Å². The zero-order valence-corrected chi connectivity index (χ0v) is 10.5. The van der Waals surface area contributed by atoms with E-state index >= 15 is 0 Å². The zero-order chi connectivity index (χ0) is 12.0. The molecule has 0 radical (unpaired) electrons. The van der Waals surface area contributed by atoms with E-state index < -0.39 is 0 Å². The van der Waals surface area contributed by atoms with Crippen LogP contribution < -0.4 is 0 Å². The van der Waals surface area contributed by atoms with Crippen LogP contribution in [0.3, 0.4) is 0 Å². The number of carbonyl (C=O) groups excluding carboxylic acids is 1. The van der Waals surface area contributed by atoms with Gasteiger partial charge in [0.1, 0.15) is 0 Å². The van der Waals surface area contributed by atoms with Crippen molar-refractivity contribution in [1.29, 1.82) is 0 Å². The van der Waals surface area contributed by atoms with Gasteiger partial charge in [-0.3, -0.25) is 4.79 Å². The highest BCUT2D eigenvalue weighted by Gasteiger charge is 2.43. The van der Waals surface area contributed by atoms with E-state index in [4.69, 9.17) is 16.1 Å². The number of nitrogens with zero attached hydrogens (tertiary/aromatic N) is 2. The summed E-state index contributed by atoms with van der Waals surface area (Å²) in [4.78, 5) is 14.3. The Morgan fingerprint density at radius 3 is 2.65 bits per heavy atom. The Hall–Kier alpha value is -1.03. The highest BCUT2D eigenvalue weighted by molar-refractivity contribution is 6.20. The molecule has 2 saturated heterocycles. The molecule has 2 atom stereocenters. The largest absolute Gasteiger partial charge is 0.351 e. The number of amides is 1. The summed E-state index contributed by atoms with van der Waals surface area (Å²) in [7, 11) is 0. The van der Waals surface area contributed by atoms with E-state index in [0.29, 0.717) is 5.76 Å². The van der Waals surface area contributed by atoms with E-state index in [0.717, 1.165) is 31.4 Å². The molecule has 17 heavy (non-hydrogen) atoms. The second-order valence-electron chi connectivity index (χ2n) is 5.00. The van der Waals surface area contributed by atoms with Gasteiger partial charge in [0.05, 0.1) is 5.69 Å². The van der Waals surface area contributed by atoms with Crippen molar-refractivity contribution in [1.82, 2.24) is 10.1 Å². The lowest BCUT2D eigenvalue weighted by atomic mass is 10.0. The Labute approximate surface area is 105 Å². The maximum Gasteiger partial charge on any atom is 0.292 e. The molecule has 0 saturated carbocycles. The smallest absolute Gasteiger partial charge is 0.292 e. The van der Waals surface area contributed by atoms with Crippen molar-refractivity contribution in [3.05, 3.63) is 17.5 Å². The van der Waals surface area contributed by atoms with E-state index in [-0.39, 0.29) is 23.4 Å². The summed E-state index contributed by atoms with van der Waals surface area (Å²) < 4.78 is 5.06. The Kier molecular flexibility index (Phi) is 2.62.